The third-order valence-electron chi connectivity index (χ3n) is 1.77. The lowest BCUT2D eigenvalue weighted by molar-refractivity contribution is 0.0954. The van der Waals surface area contributed by atoms with E-state index in [-0.39, 0.29) is 5.91 Å². The molecular weight excluding hydrogens is 234 g/mol. The number of amides is 1. The zero-order valence-corrected chi connectivity index (χ0v) is 9.27. The van der Waals surface area contributed by atoms with Gasteiger partial charge in [0.2, 0.25) is 0 Å². The predicted octanol–water partition coefficient (Wildman–Crippen LogP) is 1.69. The molecule has 0 saturated carbocycles. The Morgan fingerprint density at radius 2 is 2.00 bits per heavy atom. The highest BCUT2D eigenvalue weighted by Gasteiger charge is 2.07. The number of alkyl halides is 2. The number of thioether (sulfide) groups is 1. The molecule has 0 atom stereocenters. The molecule has 0 aliphatic carbocycles. The van der Waals surface area contributed by atoms with Crippen LogP contribution in [0.1, 0.15) is 10.4 Å². The summed E-state index contributed by atoms with van der Waals surface area (Å²) in [6, 6.07) is 6.01. The van der Waals surface area contributed by atoms with E-state index < -0.39 is 5.76 Å². The molecule has 1 amide bonds. The highest BCUT2D eigenvalue weighted by molar-refractivity contribution is 7.99. The van der Waals surface area contributed by atoms with Gasteiger partial charge in [-0.15, -0.1) is 0 Å². The maximum Gasteiger partial charge on any atom is 0.288 e. The summed E-state index contributed by atoms with van der Waals surface area (Å²) in [4.78, 5) is 11.9. The van der Waals surface area contributed by atoms with Crippen LogP contribution < -0.4 is 11.1 Å². The molecule has 0 heterocycles. The summed E-state index contributed by atoms with van der Waals surface area (Å²) in [6.07, 6.45) is 0. The Labute approximate surface area is 96.4 Å². The molecule has 0 fully saturated rings. The average molecular weight is 246 g/mol. The topological polar surface area (TPSA) is 55.1 Å². The Balaban J connectivity index is 2.60. The molecule has 0 unspecified atom stereocenters. The average Bonchev–Trinajstić information content (AvgIpc) is 2.26. The van der Waals surface area contributed by atoms with Crippen LogP contribution in [0, 0.1) is 0 Å². The number of rotatable bonds is 5. The summed E-state index contributed by atoms with van der Waals surface area (Å²) in [6.45, 7) is 0.761. The van der Waals surface area contributed by atoms with Gasteiger partial charge in [-0.2, -0.15) is 8.78 Å². The van der Waals surface area contributed by atoms with Crippen LogP contribution in [0.2, 0.25) is 0 Å². The summed E-state index contributed by atoms with van der Waals surface area (Å²) < 4.78 is 24.0. The Morgan fingerprint density at radius 3 is 2.50 bits per heavy atom. The Morgan fingerprint density at radius 1 is 1.38 bits per heavy atom. The van der Waals surface area contributed by atoms with E-state index in [0.29, 0.717) is 35.3 Å². The van der Waals surface area contributed by atoms with Crippen molar-refractivity contribution < 1.29 is 13.6 Å². The number of nitrogens with two attached hydrogens (primary N) is 1. The van der Waals surface area contributed by atoms with Crippen LogP contribution in [0.15, 0.2) is 29.2 Å². The minimum atomic E-state index is -2.45. The number of carbonyl (C=O) groups is 1. The number of benzene rings is 1. The van der Waals surface area contributed by atoms with E-state index in [0.717, 1.165) is 0 Å². The summed E-state index contributed by atoms with van der Waals surface area (Å²) in [5.74, 6) is -2.70. The van der Waals surface area contributed by atoms with E-state index in [2.05, 4.69) is 5.32 Å². The Hall–Kier alpha value is -1.14. The summed E-state index contributed by atoms with van der Waals surface area (Å²) >= 11 is 0.452. The lowest BCUT2D eigenvalue weighted by atomic mass is 10.2. The maximum absolute atomic E-state index is 12.0. The molecule has 6 heteroatoms. The number of carbonyl (C=O) groups excluding carboxylic acids is 1. The molecule has 88 valence electrons. The van der Waals surface area contributed by atoms with E-state index in [1.807, 2.05) is 0 Å². The smallest absolute Gasteiger partial charge is 0.288 e. The van der Waals surface area contributed by atoms with E-state index in [1.54, 1.807) is 0 Å². The van der Waals surface area contributed by atoms with Crippen LogP contribution in [0.25, 0.3) is 0 Å². The van der Waals surface area contributed by atoms with Crippen molar-refractivity contribution in [2.75, 3.05) is 13.1 Å². The van der Waals surface area contributed by atoms with Crippen LogP contribution in [-0.2, 0) is 0 Å². The molecule has 0 aliphatic rings. The second kappa shape index (κ2) is 6.44. The largest absolute Gasteiger partial charge is 0.351 e. The van der Waals surface area contributed by atoms with Crippen LogP contribution in [-0.4, -0.2) is 24.8 Å². The Kier molecular flexibility index (Phi) is 5.21. The SMILES string of the molecule is NCCNC(=O)c1ccc(SC(F)F)cc1. The second-order valence-electron chi connectivity index (χ2n) is 2.95. The first-order valence-corrected chi connectivity index (χ1v) is 5.54. The van der Waals surface area contributed by atoms with Crippen LogP contribution >= 0.6 is 11.8 Å². The molecule has 0 aromatic heterocycles. The van der Waals surface area contributed by atoms with E-state index in [4.69, 9.17) is 5.73 Å². The number of nitrogens with one attached hydrogen (secondary N) is 1. The molecule has 16 heavy (non-hydrogen) atoms. The van der Waals surface area contributed by atoms with Gasteiger partial charge in [0.15, 0.2) is 0 Å². The van der Waals surface area contributed by atoms with Crippen LogP contribution in [0.4, 0.5) is 8.78 Å². The monoisotopic (exact) mass is 246 g/mol. The van der Waals surface area contributed by atoms with Gasteiger partial charge in [-0.1, -0.05) is 11.8 Å². The van der Waals surface area contributed by atoms with Gasteiger partial charge in [0, 0.05) is 23.5 Å². The van der Waals surface area contributed by atoms with Gasteiger partial charge < -0.3 is 11.1 Å². The van der Waals surface area contributed by atoms with Gasteiger partial charge in [0.25, 0.3) is 11.7 Å². The second-order valence-corrected chi connectivity index (χ2v) is 4.01. The number of halogens is 2. The molecule has 1 aromatic rings. The molecule has 1 aromatic carbocycles. The molecule has 0 aliphatic heterocycles. The van der Waals surface area contributed by atoms with Crippen molar-refractivity contribution >= 4 is 17.7 Å². The minimum Gasteiger partial charge on any atom is -0.351 e. The fraction of sp³-hybridized carbons (Fsp3) is 0.300. The van der Waals surface area contributed by atoms with Gasteiger partial charge in [-0.05, 0) is 24.3 Å². The normalized spacial score (nSPS) is 10.5. The van der Waals surface area contributed by atoms with Gasteiger partial charge in [0.05, 0.1) is 0 Å². The van der Waals surface area contributed by atoms with Crippen molar-refractivity contribution in [2.24, 2.45) is 5.73 Å². The summed E-state index contributed by atoms with van der Waals surface area (Å²) in [5, 5.41) is 2.59. The standard InChI is InChI=1S/C10H12F2N2OS/c11-10(12)16-8-3-1-7(2-4-8)9(15)14-6-5-13/h1-4,10H,5-6,13H2,(H,14,15). The molecule has 3 nitrogen and oxygen atoms in total. The highest BCUT2D eigenvalue weighted by atomic mass is 32.2. The first-order chi connectivity index (χ1) is 7.63. The van der Waals surface area contributed by atoms with E-state index in [9.17, 15) is 13.6 Å². The minimum absolute atomic E-state index is 0.251. The zero-order chi connectivity index (χ0) is 12.0. The third kappa shape index (κ3) is 4.16. The van der Waals surface area contributed by atoms with Crippen LogP contribution in [0.3, 0.4) is 0 Å². The Bertz CT molecular complexity index is 343. The number of hydrogen-bond donors (Lipinski definition) is 2. The van der Waals surface area contributed by atoms with Gasteiger partial charge >= 0.3 is 0 Å². The van der Waals surface area contributed by atoms with Crippen LogP contribution in [0.5, 0.6) is 0 Å². The first kappa shape index (κ1) is 12.9. The molecule has 0 radical (unpaired) electrons. The lowest BCUT2D eigenvalue weighted by Gasteiger charge is -2.04. The molecule has 0 saturated heterocycles. The van der Waals surface area contributed by atoms with E-state index >= 15 is 0 Å². The fourth-order valence-corrected chi connectivity index (χ4v) is 1.57. The van der Waals surface area contributed by atoms with Crippen molar-refractivity contribution in [1.82, 2.24) is 5.32 Å². The van der Waals surface area contributed by atoms with Crippen molar-refractivity contribution in [3.05, 3.63) is 29.8 Å². The van der Waals surface area contributed by atoms with Gasteiger partial charge in [-0.3, -0.25) is 4.79 Å². The van der Waals surface area contributed by atoms with Crippen molar-refractivity contribution in [1.29, 1.82) is 0 Å². The molecular formula is C10H12F2N2OS. The van der Waals surface area contributed by atoms with E-state index in [1.165, 1.54) is 24.3 Å². The predicted molar refractivity (Wildman–Crippen MR) is 59.7 cm³/mol. The maximum atomic E-state index is 12.0. The van der Waals surface area contributed by atoms with Gasteiger partial charge in [0.1, 0.15) is 0 Å². The van der Waals surface area contributed by atoms with Crippen molar-refractivity contribution in [3.8, 4) is 0 Å². The third-order valence-corrected chi connectivity index (χ3v) is 2.49. The highest BCUT2D eigenvalue weighted by Crippen LogP contribution is 2.24. The number of hydrogen-bond acceptors (Lipinski definition) is 3. The van der Waals surface area contributed by atoms with Crippen molar-refractivity contribution in [2.45, 2.75) is 10.7 Å². The molecule has 3 N–H and O–H groups in total. The summed E-state index contributed by atoms with van der Waals surface area (Å²) in [7, 11) is 0. The first-order valence-electron chi connectivity index (χ1n) is 4.66. The van der Waals surface area contributed by atoms with Crippen molar-refractivity contribution in [3.63, 3.8) is 0 Å². The zero-order valence-electron chi connectivity index (χ0n) is 8.45. The summed E-state index contributed by atoms with van der Waals surface area (Å²) in [5.41, 5.74) is 5.67. The lowest BCUT2D eigenvalue weighted by Crippen LogP contribution is -2.28. The quantitative estimate of drug-likeness (QED) is 0.777. The fourth-order valence-electron chi connectivity index (χ4n) is 1.08. The molecule has 1 rings (SSSR count). The molecule has 0 bridgehead atoms. The van der Waals surface area contributed by atoms with Gasteiger partial charge in [-0.25, -0.2) is 0 Å². The molecule has 0 spiro atoms.